The average Bonchev–Trinajstić information content (AvgIpc) is 2.78. The Morgan fingerprint density at radius 1 is 1.22 bits per heavy atom. The van der Waals surface area contributed by atoms with E-state index in [0.29, 0.717) is 6.04 Å². The van der Waals surface area contributed by atoms with Crippen LogP contribution >= 0.6 is 0 Å². The molecule has 1 unspecified atom stereocenters. The smallest absolute Gasteiger partial charge is 0.0646 e. The van der Waals surface area contributed by atoms with Gasteiger partial charge >= 0.3 is 0 Å². The summed E-state index contributed by atoms with van der Waals surface area (Å²) in [4.78, 5) is 0. The molecule has 0 saturated carbocycles. The molecule has 1 heterocycles. The fourth-order valence-electron chi connectivity index (χ4n) is 2.06. The molecular formula is C15H21N3. The van der Waals surface area contributed by atoms with E-state index in [-0.39, 0.29) is 5.54 Å². The first-order valence-electron chi connectivity index (χ1n) is 6.37. The molecule has 0 saturated heterocycles. The topological polar surface area (TPSA) is 43.8 Å². The summed E-state index contributed by atoms with van der Waals surface area (Å²) >= 11 is 0. The third-order valence-electron chi connectivity index (χ3n) is 3.17. The second-order valence-electron chi connectivity index (χ2n) is 5.34. The van der Waals surface area contributed by atoms with Gasteiger partial charge in [-0.1, -0.05) is 30.3 Å². The van der Waals surface area contributed by atoms with Gasteiger partial charge < -0.3 is 5.73 Å². The molecule has 1 aromatic carbocycles. The van der Waals surface area contributed by atoms with Gasteiger partial charge in [0.2, 0.25) is 0 Å². The van der Waals surface area contributed by atoms with Crippen LogP contribution in [0.4, 0.5) is 0 Å². The molecule has 0 aliphatic carbocycles. The van der Waals surface area contributed by atoms with Crippen molar-refractivity contribution in [2.45, 2.75) is 38.8 Å². The molecule has 3 nitrogen and oxygen atoms in total. The van der Waals surface area contributed by atoms with Crippen molar-refractivity contribution in [1.29, 1.82) is 0 Å². The van der Waals surface area contributed by atoms with Crippen molar-refractivity contribution >= 4 is 0 Å². The Labute approximate surface area is 109 Å². The predicted octanol–water partition coefficient (Wildman–Crippen LogP) is 2.88. The lowest BCUT2D eigenvalue weighted by Gasteiger charge is -2.24. The van der Waals surface area contributed by atoms with Crippen LogP contribution in [0.2, 0.25) is 0 Å². The zero-order valence-corrected chi connectivity index (χ0v) is 11.3. The normalized spacial score (nSPS) is 14.7. The Bertz CT molecular complexity index is 497. The standard InChI is InChI=1S/C15H21N3/c1-12(2)18-10-9-14(17-18)11-15(3,16)13-7-5-4-6-8-13/h4-10,12H,11,16H2,1-3H3. The number of nitrogens with two attached hydrogens (primary N) is 1. The molecule has 18 heavy (non-hydrogen) atoms. The SMILES string of the molecule is CC(C)n1ccc(CC(C)(N)c2ccccc2)n1. The summed E-state index contributed by atoms with van der Waals surface area (Å²) in [7, 11) is 0. The molecule has 1 atom stereocenters. The molecule has 0 aliphatic rings. The van der Waals surface area contributed by atoms with Gasteiger partial charge in [0.25, 0.3) is 0 Å². The van der Waals surface area contributed by atoms with Gasteiger partial charge in [0.1, 0.15) is 0 Å². The number of aromatic nitrogens is 2. The van der Waals surface area contributed by atoms with E-state index < -0.39 is 0 Å². The molecular weight excluding hydrogens is 222 g/mol. The van der Waals surface area contributed by atoms with E-state index >= 15 is 0 Å². The fourth-order valence-corrected chi connectivity index (χ4v) is 2.06. The van der Waals surface area contributed by atoms with E-state index in [1.165, 1.54) is 0 Å². The molecule has 2 aromatic rings. The molecule has 96 valence electrons. The zero-order chi connectivity index (χ0) is 13.2. The van der Waals surface area contributed by atoms with E-state index in [2.05, 4.69) is 38.0 Å². The van der Waals surface area contributed by atoms with Crippen molar-refractivity contribution < 1.29 is 0 Å². The second-order valence-corrected chi connectivity index (χ2v) is 5.34. The van der Waals surface area contributed by atoms with Crippen LogP contribution in [0.3, 0.4) is 0 Å². The highest BCUT2D eigenvalue weighted by Crippen LogP contribution is 2.22. The molecule has 0 radical (unpaired) electrons. The van der Waals surface area contributed by atoms with Gasteiger partial charge in [-0.25, -0.2) is 0 Å². The van der Waals surface area contributed by atoms with Crippen LogP contribution < -0.4 is 5.73 Å². The molecule has 0 aliphatic heterocycles. The van der Waals surface area contributed by atoms with E-state index in [9.17, 15) is 0 Å². The quantitative estimate of drug-likeness (QED) is 0.897. The molecule has 0 amide bonds. The Balaban J connectivity index is 2.17. The Morgan fingerprint density at radius 3 is 2.44 bits per heavy atom. The Morgan fingerprint density at radius 2 is 1.89 bits per heavy atom. The molecule has 2 N–H and O–H groups in total. The van der Waals surface area contributed by atoms with Crippen molar-refractivity contribution in [2.24, 2.45) is 5.73 Å². The average molecular weight is 243 g/mol. The van der Waals surface area contributed by atoms with E-state index in [1.807, 2.05) is 35.1 Å². The second kappa shape index (κ2) is 4.94. The van der Waals surface area contributed by atoms with Crippen LogP contribution in [-0.2, 0) is 12.0 Å². The number of hydrogen-bond acceptors (Lipinski definition) is 2. The summed E-state index contributed by atoms with van der Waals surface area (Å²) in [6.45, 7) is 6.29. The number of benzene rings is 1. The third-order valence-corrected chi connectivity index (χ3v) is 3.17. The van der Waals surface area contributed by atoms with Crippen LogP contribution in [0.1, 0.15) is 38.1 Å². The number of rotatable bonds is 4. The molecule has 0 fully saturated rings. The lowest BCUT2D eigenvalue weighted by atomic mass is 9.88. The largest absolute Gasteiger partial charge is 0.321 e. The predicted molar refractivity (Wildman–Crippen MR) is 74.3 cm³/mol. The minimum atomic E-state index is -0.378. The first-order chi connectivity index (χ1) is 8.49. The zero-order valence-electron chi connectivity index (χ0n) is 11.3. The van der Waals surface area contributed by atoms with Crippen LogP contribution in [0.5, 0.6) is 0 Å². The lowest BCUT2D eigenvalue weighted by Crippen LogP contribution is -2.35. The first-order valence-corrected chi connectivity index (χ1v) is 6.37. The van der Waals surface area contributed by atoms with Crippen molar-refractivity contribution in [1.82, 2.24) is 9.78 Å². The molecule has 0 spiro atoms. The molecule has 2 rings (SSSR count). The van der Waals surface area contributed by atoms with Crippen molar-refractivity contribution in [3.63, 3.8) is 0 Å². The van der Waals surface area contributed by atoms with Gasteiger partial charge in [-0.3, -0.25) is 4.68 Å². The summed E-state index contributed by atoms with van der Waals surface area (Å²) in [6.07, 6.45) is 2.76. The maximum absolute atomic E-state index is 6.41. The highest BCUT2D eigenvalue weighted by atomic mass is 15.3. The molecule has 0 bridgehead atoms. The van der Waals surface area contributed by atoms with E-state index in [1.54, 1.807) is 0 Å². The van der Waals surface area contributed by atoms with Gasteiger partial charge in [0, 0.05) is 24.2 Å². The summed E-state index contributed by atoms with van der Waals surface area (Å²) in [5.74, 6) is 0. The summed E-state index contributed by atoms with van der Waals surface area (Å²) in [6, 6.07) is 12.6. The van der Waals surface area contributed by atoms with Crippen molar-refractivity contribution in [2.75, 3.05) is 0 Å². The van der Waals surface area contributed by atoms with Gasteiger partial charge in [-0.2, -0.15) is 5.10 Å². The molecule has 1 aromatic heterocycles. The molecule has 3 heteroatoms. The van der Waals surface area contributed by atoms with Gasteiger partial charge in [-0.05, 0) is 32.4 Å². The van der Waals surface area contributed by atoms with Crippen LogP contribution in [-0.4, -0.2) is 9.78 Å². The highest BCUT2D eigenvalue weighted by Gasteiger charge is 2.22. The van der Waals surface area contributed by atoms with Gasteiger partial charge in [0.05, 0.1) is 5.69 Å². The monoisotopic (exact) mass is 243 g/mol. The Kier molecular flexibility index (Phi) is 3.53. The van der Waals surface area contributed by atoms with E-state index in [0.717, 1.165) is 17.7 Å². The summed E-state index contributed by atoms with van der Waals surface area (Å²) in [5.41, 5.74) is 8.21. The summed E-state index contributed by atoms with van der Waals surface area (Å²) < 4.78 is 1.97. The van der Waals surface area contributed by atoms with Crippen molar-refractivity contribution in [3.05, 3.63) is 53.9 Å². The fraction of sp³-hybridized carbons (Fsp3) is 0.400. The van der Waals surface area contributed by atoms with Gasteiger partial charge in [-0.15, -0.1) is 0 Å². The third kappa shape index (κ3) is 2.79. The highest BCUT2D eigenvalue weighted by molar-refractivity contribution is 5.25. The van der Waals surface area contributed by atoms with E-state index in [4.69, 9.17) is 5.73 Å². The lowest BCUT2D eigenvalue weighted by molar-refractivity contribution is 0.469. The number of hydrogen-bond donors (Lipinski definition) is 1. The van der Waals surface area contributed by atoms with Crippen molar-refractivity contribution in [3.8, 4) is 0 Å². The maximum Gasteiger partial charge on any atom is 0.0646 e. The maximum atomic E-state index is 6.41. The minimum Gasteiger partial charge on any atom is -0.321 e. The van der Waals surface area contributed by atoms with Crippen LogP contribution in [0.25, 0.3) is 0 Å². The van der Waals surface area contributed by atoms with Crippen LogP contribution in [0, 0.1) is 0 Å². The first kappa shape index (κ1) is 12.8. The van der Waals surface area contributed by atoms with Gasteiger partial charge in [0.15, 0.2) is 0 Å². The number of nitrogens with zero attached hydrogens (tertiary/aromatic N) is 2. The van der Waals surface area contributed by atoms with Crippen LogP contribution in [0.15, 0.2) is 42.6 Å². The minimum absolute atomic E-state index is 0.378. The Hall–Kier alpha value is -1.61. The summed E-state index contributed by atoms with van der Waals surface area (Å²) in [5, 5.41) is 4.56.